The van der Waals surface area contributed by atoms with E-state index < -0.39 is 23.9 Å². The number of nitrogens with zero attached hydrogens (tertiary/aromatic N) is 3. The first-order valence-electron chi connectivity index (χ1n) is 16.8. The fourth-order valence-electron chi connectivity index (χ4n) is 6.33. The van der Waals surface area contributed by atoms with E-state index in [1.54, 1.807) is 4.90 Å². The molecule has 0 bridgehead atoms. The smallest absolute Gasteiger partial charge is 0.444 e. The monoisotopic (exact) mass is 627 g/mol. The lowest BCUT2D eigenvalue weighted by Crippen LogP contribution is -2.51. The van der Waals surface area contributed by atoms with E-state index in [4.69, 9.17) is 33.4 Å². The highest BCUT2D eigenvalue weighted by atomic mass is 16.7. The lowest BCUT2D eigenvalue weighted by molar-refractivity contribution is -0.105. The summed E-state index contributed by atoms with van der Waals surface area (Å²) in [6.07, 6.45) is 7.21. The Morgan fingerprint density at radius 2 is 1.84 bits per heavy atom. The van der Waals surface area contributed by atoms with Crippen molar-refractivity contribution < 1.29 is 33.1 Å². The molecule has 3 fully saturated rings. The van der Waals surface area contributed by atoms with Gasteiger partial charge in [-0.05, 0) is 123 Å². The molecule has 0 aliphatic carbocycles. The minimum atomic E-state index is -0.525. The van der Waals surface area contributed by atoms with Crippen molar-refractivity contribution in [1.29, 1.82) is 0 Å². The molecule has 0 saturated carbocycles. The highest BCUT2D eigenvalue weighted by Crippen LogP contribution is 2.38. The van der Waals surface area contributed by atoms with E-state index in [9.17, 15) is 4.79 Å². The second-order valence-electron chi connectivity index (χ2n) is 14.9. The van der Waals surface area contributed by atoms with Crippen molar-refractivity contribution in [2.24, 2.45) is 0 Å². The van der Waals surface area contributed by atoms with Gasteiger partial charge < -0.3 is 33.2 Å². The van der Waals surface area contributed by atoms with E-state index in [2.05, 4.69) is 40.7 Å². The second kappa shape index (κ2) is 13.5. The summed E-state index contributed by atoms with van der Waals surface area (Å²) in [6.45, 7) is 21.1. The summed E-state index contributed by atoms with van der Waals surface area (Å²) in [5, 5.41) is 5.90. The Kier molecular flexibility index (Phi) is 10.3. The maximum atomic E-state index is 12.6. The molecule has 0 radical (unpaired) electrons. The molecule has 1 aromatic carbocycles. The number of aromatic nitrogens is 2. The Morgan fingerprint density at radius 1 is 1.11 bits per heavy atom. The highest BCUT2D eigenvalue weighted by molar-refractivity contribution is 6.65. The van der Waals surface area contributed by atoms with E-state index >= 15 is 0 Å². The second-order valence-corrected chi connectivity index (χ2v) is 14.9. The molecule has 3 aliphatic rings. The molecule has 1 unspecified atom stereocenters. The molecule has 0 spiro atoms. The molecule has 3 saturated heterocycles. The number of hydrogen-bond donors (Lipinski definition) is 0. The summed E-state index contributed by atoms with van der Waals surface area (Å²) >= 11 is 0. The average molecular weight is 628 g/mol. The van der Waals surface area contributed by atoms with Crippen molar-refractivity contribution in [3.63, 3.8) is 0 Å². The molecule has 1 amide bonds. The van der Waals surface area contributed by atoms with Gasteiger partial charge in [-0.15, -0.1) is 0 Å². The van der Waals surface area contributed by atoms with Crippen LogP contribution in [0, 0.1) is 6.92 Å². The van der Waals surface area contributed by atoms with Crippen LogP contribution in [0.3, 0.4) is 0 Å². The zero-order chi connectivity index (χ0) is 32.6. The first kappa shape index (κ1) is 34.2. The lowest BCUT2D eigenvalue weighted by atomic mass is 9.71. The molecule has 11 heteroatoms. The number of fused-ring (bicyclic) bond motifs is 1. The number of rotatable bonds is 9. The molecular weight excluding hydrogens is 573 g/mol. The van der Waals surface area contributed by atoms with Gasteiger partial charge in [0.25, 0.3) is 0 Å². The molecular formula is C34H54BN3O7. The third kappa shape index (κ3) is 7.70. The number of morpholine rings is 1. The van der Waals surface area contributed by atoms with Gasteiger partial charge in [-0.3, -0.25) is 0 Å². The SMILES string of the molecule is Cc1cc2c(cnn2C2CCCCO2)c(B2OC(C)(C)C(C)(C)O2)c1CCCCO[C@@H](C)[C@H]1CN(C(=O)OC(C)(C)C)CCO1. The van der Waals surface area contributed by atoms with Crippen LogP contribution in [0.4, 0.5) is 4.79 Å². The number of aryl methyl sites for hydroxylation is 1. The Morgan fingerprint density at radius 3 is 2.51 bits per heavy atom. The number of benzene rings is 1. The highest BCUT2D eigenvalue weighted by Gasteiger charge is 2.53. The van der Waals surface area contributed by atoms with Crippen molar-refractivity contribution in [2.45, 2.75) is 136 Å². The van der Waals surface area contributed by atoms with Crippen LogP contribution in [0.25, 0.3) is 10.9 Å². The number of carbonyl (C=O) groups excluding carboxylic acids is 1. The zero-order valence-corrected chi connectivity index (χ0v) is 28.9. The van der Waals surface area contributed by atoms with Gasteiger partial charge in [0.05, 0.1) is 42.2 Å². The Labute approximate surface area is 269 Å². The number of amides is 1. The molecule has 45 heavy (non-hydrogen) atoms. The molecule has 5 rings (SSSR count). The van der Waals surface area contributed by atoms with Crippen molar-refractivity contribution in [3.8, 4) is 0 Å². The normalized spacial score (nSPS) is 24.3. The first-order chi connectivity index (χ1) is 21.2. The summed E-state index contributed by atoms with van der Waals surface area (Å²) < 4.78 is 39.2. The Hall–Kier alpha value is -2.18. The van der Waals surface area contributed by atoms with Gasteiger partial charge in [0, 0.05) is 25.1 Å². The Bertz CT molecular complexity index is 1320. The van der Waals surface area contributed by atoms with Crippen LogP contribution in [-0.4, -0.2) is 89.8 Å². The van der Waals surface area contributed by atoms with Crippen molar-refractivity contribution in [1.82, 2.24) is 14.7 Å². The fourth-order valence-corrected chi connectivity index (χ4v) is 6.33. The number of hydrogen-bond acceptors (Lipinski definition) is 8. The van der Waals surface area contributed by atoms with Gasteiger partial charge in [-0.1, -0.05) is 0 Å². The summed E-state index contributed by atoms with van der Waals surface area (Å²) in [6, 6.07) is 2.25. The molecule has 0 N–H and O–H groups in total. The summed E-state index contributed by atoms with van der Waals surface area (Å²) in [7, 11) is -0.482. The summed E-state index contributed by atoms with van der Waals surface area (Å²) in [5.74, 6) is 0. The van der Waals surface area contributed by atoms with E-state index in [0.29, 0.717) is 26.3 Å². The summed E-state index contributed by atoms with van der Waals surface area (Å²) in [4.78, 5) is 14.3. The lowest BCUT2D eigenvalue weighted by Gasteiger charge is -2.36. The topological polar surface area (TPSA) is 93.5 Å². The van der Waals surface area contributed by atoms with Crippen LogP contribution in [0.15, 0.2) is 12.3 Å². The van der Waals surface area contributed by atoms with Crippen LogP contribution < -0.4 is 5.46 Å². The third-order valence-corrected chi connectivity index (χ3v) is 9.67. The van der Waals surface area contributed by atoms with E-state index in [1.165, 1.54) is 11.1 Å². The first-order valence-corrected chi connectivity index (χ1v) is 16.8. The zero-order valence-electron chi connectivity index (χ0n) is 28.9. The summed E-state index contributed by atoms with van der Waals surface area (Å²) in [5.41, 5.74) is 3.19. The minimum Gasteiger partial charge on any atom is -0.444 e. The standard InChI is InChI=1S/C34H54BN3O7/c1-23-20-27-26(21-36-38(27)29-15-11-13-18-42-29)30(35-44-33(6,7)34(8,9)45-35)25(23)14-10-12-17-40-24(2)28-22-37(16-19-41-28)31(39)43-32(3,4)5/h20-21,24,28-29H,10-19,22H2,1-9H3/t24-,28+,29?/m0/s1. The molecule has 1 aromatic heterocycles. The van der Waals surface area contributed by atoms with Crippen LogP contribution >= 0.6 is 0 Å². The van der Waals surface area contributed by atoms with Gasteiger partial charge in [0.2, 0.25) is 0 Å². The van der Waals surface area contributed by atoms with Crippen LogP contribution in [0.2, 0.25) is 0 Å². The van der Waals surface area contributed by atoms with Crippen molar-refractivity contribution in [2.75, 3.05) is 32.9 Å². The van der Waals surface area contributed by atoms with Crippen molar-refractivity contribution >= 4 is 29.6 Å². The minimum absolute atomic E-state index is 0.0452. The maximum absolute atomic E-state index is 12.6. The third-order valence-electron chi connectivity index (χ3n) is 9.67. The van der Waals surface area contributed by atoms with Crippen LogP contribution in [0.1, 0.15) is 105 Å². The van der Waals surface area contributed by atoms with Crippen LogP contribution in [0.5, 0.6) is 0 Å². The Balaban J connectivity index is 1.25. The predicted molar refractivity (Wildman–Crippen MR) is 175 cm³/mol. The molecule has 10 nitrogen and oxygen atoms in total. The van der Waals surface area contributed by atoms with E-state index in [0.717, 1.165) is 61.5 Å². The number of carbonyl (C=O) groups is 1. The molecule has 250 valence electrons. The number of unbranched alkanes of at least 4 members (excludes halogenated alkanes) is 1. The van der Waals surface area contributed by atoms with Gasteiger partial charge in [-0.2, -0.15) is 5.10 Å². The largest absolute Gasteiger partial charge is 0.495 e. The quantitative estimate of drug-likeness (QED) is 0.258. The van der Waals surface area contributed by atoms with E-state index in [-0.39, 0.29) is 24.5 Å². The molecule has 4 heterocycles. The maximum Gasteiger partial charge on any atom is 0.495 e. The van der Waals surface area contributed by atoms with Gasteiger partial charge in [0.1, 0.15) is 11.7 Å². The van der Waals surface area contributed by atoms with Gasteiger partial charge in [-0.25, -0.2) is 9.48 Å². The van der Waals surface area contributed by atoms with Gasteiger partial charge in [0.15, 0.2) is 6.23 Å². The van der Waals surface area contributed by atoms with E-state index in [1.807, 2.05) is 38.6 Å². The molecule has 3 atom stereocenters. The van der Waals surface area contributed by atoms with Crippen molar-refractivity contribution in [3.05, 3.63) is 23.4 Å². The van der Waals surface area contributed by atoms with Crippen LogP contribution in [-0.2, 0) is 34.7 Å². The molecule has 2 aromatic rings. The fraction of sp³-hybridized carbons (Fsp3) is 0.765. The predicted octanol–water partition coefficient (Wildman–Crippen LogP) is 5.71. The van der Waals surface area contributed by atoms with Gasteiger partial charge >= 0.3 is 13.2 Å². The molecule has 3 aliphatic heterocycles. The average Bonchev–Trinajstić information content (AvgIpc) is 3.48. The number of ether oxygens (including phenoxy) is 4.